The Bertz CT molecular complexity index is 318. The maximum atomic E-state index is 2.54. The first-order valence-corrected chi connectivity index (χ1v) is 8.74. The Labute approximate surface area is 113 Å². The van der Waals surface area contributed by atoms with Crippen LogP contribution in [0.5, 0.6) is 0 Å². The molecule has 0 saturated heterocycles. The van der Waals surface area contributed by atoms with Crippen molar-refractivity contribution in [3.8, 4) is 0 Å². The molecule has 18 heavy (non-hydrogen) atoms. The minimum absolute atomic E-state index is 1.04. The molecule has 4 rings (SSSR count). The second-order valence-corrected chi connectivity index (χ2v) is 8.37. The van der Waals surface area contributed by atoms with Gasteiger partial charge in [-0.2, -0.15) is 0 Å². The van der Waals surface area contributed by atoms with Gasteiger partial charge in [0.05, 0.1) is 0 Å². The van der Waals surface area contributed by atoms with Crippen molar-refractivity contribution >= 4 is 0 Å². The molecular formula is C18H30. The van der Waals surface area contributed by atoms with Gasteiger partial charge in [0.1, 0.15) is 0 Å². The molecule has 0 aromatic rings. The van der Waals surface area contributed by atoms with Gasteiger partial charge in [-0.15, -0.1) is 0 Å². The lowest BCUT2D eigenvalue weighted by atomic mass is 9.56. The number of fused-ring (bicyclic) bond motifs is 5. The summed E-state index contributed by atoms with van der Waals surface area (Å²) in [5.74, 6) is 8.96. The second kappa shape index (κ2) is 4.25. The predicted octanol–water partition coefficient (Wildman–Crippen LogP) is 5.13. The van der Waals surface area contributed by atoms with E-state index in [0.717, 1.165) is 47.3 Å². The summed E-state index contributed by atoms with van der Waals surface area (Å²) < 4.78 is 0. The monoisotopic (exact) mass is 246 g/mol. The van der Waals surface area contributed by atoms with E-state index in [0.29, 0.717) is 0 Å². The lowest BCUT2D eigenvalue weighted by Crippen LogP contribution is -2.41. The molecule has 4 fully saturated rings. The largest absolute Gasteiger partial charge is 0.0625 e. The fourth-order valence-corrected chi connectivity index (χ4v) is 6.92. The van der Waals surface area contributed by atoms with Crippen LogP contribution >= 0.6 is 0 Å². The molecule has 8 unspecified atom stereocenters. The summed E-state index contributed by atoms with van der Waals surface area (Å²) in [6.45, 7) is 5.05. The van der Waals surface area contributed by atoms with Crippen molar-refractivity contribution < 1.29 is 0 Å². The van der Waals surface area contributed by atoms with Crippen LogP contribution in [0.2, 0.25) is 0 Å². The highest BCUT2D eigenvalue weighted by atomic mass is 14.6. The molecule has 0 heterocycles. The first-order valence-electron chi connectivity index (χ1n) is 8.74. The Morgan fingerprint density at radius 2 is 1.17 bits per heavy atom. The molecule has 0 heteroatoms. The molecule has 0 aromatic carbocycles. The van der Waals surface area contributed by atoms with Gasteiger partial charge < -0.3 is 0 Å². The van der Waals surface area contributed by atoms with E-state index in [-0.39, 0.29) is 0 Å². The van der Waals surface area contributed by atoms with Gasteiger partial charge in [0, 0.05) is 0 Å². The van der Waals surface area contributed by atoms with E-state index in [1.54, 1.807) is 51.4 Å². The van der Waals surface area contributed by atoms with E-state index in [2.05, 4.69) is 13.8 Å². The molecule has 0 aliphatic heterocycles. The van der Waals surface area contributed by atoms with Gasteiger partial charge >= 0.3 is 0 Å². The van der Waals surface area contributed by atoms with Gasteiger partial charge in [-0.25, -0.2) is 0 Å². The fraction of sp³-hybridized carbons (Fsp3) is 1.00. The Morgan fingerprint density at radius 3 is 2.06 bits per heavy atom. The SMILES string of the molecule is CC1CC2CCC3C4CCC(C)C4CCC3C2C1. The standard InChI is InChI=1S/C18H30/c1-11-9-13-4-6-16-15-5-3-12(2)14(15)7-8-17(16)18(13)10-11/h11-18H,3-10H2,1-2H3. The van der Waals surface area contributed by atoms with Gasteiger partial charge in [0.25, 0.3) is 0 Å². The molecule has 0 aromatic heterocycles. The normalized spacial score (nSPS) is 59.0. The quantitative estimate of drug-likeness (QED) is 0.556. The van der Waals surface area contributed by atoms with Gasteiger partial charge in [-0.1, -0.05) is 20.3 Å². The van der Waals surface area contributed by atoms with Gasteiger partial charge in [-0.3, -0.25) is 0 Å². The smallest absolute Gasteiger partial charge is 0.0352 e. The first-order chi connectivity index (χ1) is 8.74. The molecule has 0 spiro atoms. The van der Waals surface area contributed by atoms with E-state index >= 15 is 0 Å². The van der Waals surface area contributed by atoms with E-state index < -0.39 is 0 Å². The predicted molar refractivity (Wildman–Crippen MR) is 76.2 cm³/mol. The third-order valence-corrected chi connectivity index (χ3v) is 7.58. The van der Waals surface area contributed by atoms with Crippen LogP contribution in [0.4, 0.5) is 0 Å². The Morgan fingerprint density at radius 1 is 0.556 bits per heavy atom. The van der Waals surface area contributed by atoms with Crippen LogP contribution in [0.15, 0.2) is 0 Å². The number of hydrogen-bond donors (Lipinski definition) is 0. The number of hydrogen-bond acceptors (Lipinski definition) is 0. The van der Waals surface area contributed by atoms with E-state index in [4.69, 9.17) is 0 Å². The minimum atomic E-state index is 1.04. The number of rotatable bonds is 0. The molecule has 0 bridgehead atoms. The molecule has 4 saturated carbocycles. The van der Waals surface area contributed by atoms with Crippen molar-refractivity contribution in [3.05, 3.63) is 0 Å². The van der Waals surface area contributed by atoms with Gasteiger partial charge in [0.15, 0.2) is 0 Å². The lowest BCUT2D eigenvalue weighted by molar-refractivity contribution is 0.00393. The highest BCUT2D eigenvalue weighted by Gasteiger charge is 2.51. The highest BCUT2D eigenvalue weighted by Crippen LogP contribution is 2.60. The zero-order valence-electron chi connectivity index (χ0n) is 12.3. The average Bonchev–Trinajstić information content (AvgIpc) is 2.91. The van der Waals surface area contributed by atoms with E-state index in [9.17, 15) is 0 Å². The molecular weight excluding hydrogens is 216 g/mol. The molecule has 0 amide bonds. The van der Waals surface area contributed by atoms with Crippen molar-refractivity contribution in [3.63, 3.8) is 0 Å². The zero-order valence-corrected chi connectivity index (χ0v) is 12.3. The highest BCUT2D eigenvalue weighted by molar-refractivity contribution is 5.01. The Kier molecular flexibility index (Phi) is 2.79. The minimum Gasteiger partial charge on any atom is -0.0625 e. The van der Waals surface area contributed by atoms with Crippen LogP contribution in [0.25, 0.3) is 0 Å². The third-order valence-electron chi connectivity index (χ3n) is 7.58. The Hall–Kier alpha value is 0. The summed E-state index contributed by atoms with van der Waals surface area (Å²) in [5.41, 5.74) is 0. The first kappa shape index (κ1) is 11.8. The summed E-state index contributed by atoms with van der Waals surface area (Å²) in [6.07, 6.45) is 12.7. The molecule has 4 aliphatic carbocycles. The van der Waals surface area contributed by atoms with Crippen LogP contribution in [-0.4, -0.2) is 0 Å². The second-order valence-electron chi connectivity index (χ2n) is 8.37. The van der Waals surface area contributed by atoms with Crippen molar-refractivity contribution in [1.29, 1.82) is 0 Å². The summed E-state index contributed by atoms with van der Waals surface area (Å²) in [7, 11) is 0. The average molecular weight is 246 g/mol. The van der Waals surface area contributed by atoms with Crippen LogP contribution < -0.4 is 0 Å². The molecule has 0 nitrogen and oxygen atoms in total. The molecule has 102 valence electrons. The summed E-state index contributed by atoms with van der Waals surface area (Å²) >= 11 is 0. The van der Waals surface area contributed by atoms with Crippen molar-refractivity contribution in [2.75, 3.05) is 0 Å². The maximum Gasteiger partial charge on any atom is -0.0352 e. The van der Waals surface area contributed by atoms with Crippen LogP contribution in [0, 0.1) is 47.3 Å². The van der Waals surface area contributed by atoms with Crippen molar-refractivity contribution in [2.45, 2.75) is 65.2 Å². The lowest BCUT2D eigenvalue weighted by Gasteiger charge is -2.49. The summed E-state index contributed by atoms with van der Waals surface area (Å²) in [5, 5.41) is 0. The molecule has 8 atom stereocenters. The van der Waals surface area contributed by atoms with Crippen molar-refractivity contribution in [1.82, 2.24) is 0 Å². The Balaban J connectivity index is 1.56. The van der Waals surface area contributed by atoms with Gasteiger partial charge in [-0.05, 0) is 92.3 Å². The van der Waals surface area contributed by atoms with E-state index in [1.807, 2.05) is 0 Å². The topological polar surface area (TPSA) is 0 Å². The fourth-order valence-electron chi connectivity index (χ4n) is 6.92. The van der Waals surface area contributed by atoms with E-state index in [1.165, 1.54) is 0 Å². The van der Waals surface area contributed by atoms with Crippen LogP contribution in [0.3, 0.4) is 0 Å². The summed E-state index contributed by atoms with van der Waals surface area (Å²) in [4.78, 5) is 0. The van der Waals surface area contributed by atoms with Gasteiger partial charge in [0.2, 0.25) is 0 Å². The van der Waals surface area contributed by atoms with Crippen LogP contribution in [0.1, 0.15) is 65.2 Å². The molecule has 4 aliphatic rings. The summed E-state index contributed by atoms with van der Waals surface area (Å²) in [6, 6.07) is 0. The third kappa shape index (κ3) is 1.63. The molecule has 0 radical (unpaired) electrons. The maximum absolute atomic E-state index is 2.54. The zero-order chi connectivity index (χ0) is 12.3. The molecule has 0 N–H and O–H groups in total. The van der Waals surface area contributed by atoms with Crippen LogP contribution in [-0.2, 0) is 0 Å². The van der Waals surface area contributed by atoms with Crippen molar-refractivity contribution in [2.24, 2.45) is 47.3 Å².